The van der Waals surface area contributed by atoms with Crippen molar-refractivity contribution in [2.45, 2.75) is 13.2 Å². The van der Waals surface area contributed by atoms with Gasteiger partial charge in [0.2, 0.25) is 0 Å². The standard InChI is InChI=1S/C11H7BrClF3N2OS/c12-8-6(14)1-2-7(9(8)19-11(15)16)17-3-5-4-18-10(13)20-5/h1-2,4,11,17H,3H2. The zero-order valence-electron chi connectivity index (χ0n) is 9.67. The topological polar surface area (TPSA) is 34.2 Å². The largest absolute Gasteiger partial charge is 0.431 e. The number of hydrogen-bond acceptors (Lipinski definition) is 4. The Morgan fingerprint density at radius 2 is 2.20 bits per heavy atom. The predicted molar refractivity (Wildman–Crippen MR) is 75.2 cm³/mol. The van der Waals surface area contributed by atoms with Gasteiger partial charge in [-0.2, -0.15) is 8.78 Å². The predicted octanol–water partition coefficient (Wildman–Crippen LogP) is 4.91. The van der Waals surface area contributed by atoms with Gasteiger partial charge in [-0.25, -0.2) is 9.37 Å². The first-order chi connectivity index (χ1) is 9.47. The molecule has 0 amide bonds. The fraction of sp³-hybridized carbons (Fsp3) is 0.182. The summed E-state index contributed by atoms with van der Waals surface area (Å²) in [4.78, 5) is 4.66. The van der Waals surface area contributed by atoms with Crippen molar-refractivity contribution in [3.63, 3.8) is 0 Å². The number of benzene rings is 1. The molecule has 2 aromatic rings. The fourth-order valence-electron chi connectivity index (χ4n) is 1.42. The van der Waals surface area contributed by atoms with Gasteiger partial charge in [0.25, 0.3) is 0 Å². The number of anilines is 1. The lowest BCUT2D eigenvalue weighted by Gasteiger charge is -2.14. The molecular formula is C11H7BrClF3N2OS. The Hall–Kier alpha value is -0.990. The number of hydrogen-bond donors (Lipinski definition) is 1. The van der Waals surface area contributed by atoms with Crippen molar-refractivity contribution in [1.29, 1.82) is 0 Å². The summed E-state index contributed by atoms with van der Waals surface area (Å²) in [6.45, 7) is -2.74. The first kappa shape index (κ1) is 15.4. The number of ether oxygens (including phenoxy) is 1. The van der Waals surface area contributed by atoms with E-state index in [4.69, 9.17) is 11.6 Å². The Bertz CT molecular complexity index is 611. The van der Waals surface area contributed by atoms with Crippen molar-refractivity contribution in [3.8, 4) is 5.75 Å². The van der Waals surface area contributed by atoms with Gasteiger partial charge in [0.05, 0.1) is 16.7 Å². The van der Waals surface area contributed by atoms with Crippen LogP contribution in [0.15, 0.2) is 22.8 Å². The molecule has 108 valence electrons. The molecule has 0 fully saturated rings. The lowest BCUT2D eigenvalue weighted by molar-refractivity contribution is -0.0500. The van der Waals surface area contributed by atoms with Crippen LogP contribution in [0, 0.1) is 5.82 Å². The normalized spacial score (nSPS) is 10.9. The summed E-state index contributed by atoms with van der Waals surface area (Å²) in [6.07, 6.45) is 1.56. The quantitative estimate of drug-likeness (QED) is 0.791. The maximum absolute atomic E-state index is 13.4. The number of thiazole rings is 1. The lowest BCUT2D eigenvalue weighted by atomic mass is 10.2. The maximum Gasteiger partial charge on any atom is 0.387 e. The van der Waals surface area contributed by atoms with E-state index in [2.05, 4.69) is 31.0 Å². The number of halogens is 5. The zero-order valence-corrected chi connectivity index (χ0v) is 12.8. The monoisotopic (exact) mass is 386 g/mol. The second-order valence-electron chi connectivity index (χ2n) is 3.55. The summed E-state index contributed by atoms with van der Waals surface area (Å²) < 4.78 is 42.6. The third-order valence-corrected chi connectivity index (χ3v) is 4.09. The number of aromatic nitrogens is 1. The van der Waals surface area contributed by atoms with Crippen molar-refractivity contribution >= 4 is 44.6 Å². The van der Waals surface area contributed by atoms with E-state index >= 15 is 0 Å². The summed E-state index contributed by atoms with van der Waals surface area (Å²) in [7, 11) is 0. The van der Waals surface area contributed by atoms with Gasteiger partial charge in [-0.3, -0.25) is 0 Å². The Balaban J connectivity index is 2.19. The van der Waals surface area contributed by atoms with Gasteiger partial charge >= 0.3 is 6.61 Å². The second-order valence-corrected chi connectivity index (χ2v) is 6.04. The van der Waals surface area contributed by atoms with E-state index in [-0.39, 0.29) is 15.9 Å². The minimum Gasteiger partial charge on any atom is -0.431 e. The zero-order chi connectivity index (χ0) is 14.7. The van der Waals surface area contributed by atoms with Gasteiger partial charge in [0, 0.05) is 11.1 Å². The van der Waals surface area contributed by atoms with E-state index < -0.39 is 12.4 Å². The number of alkyl halides is 2. The molecule has 0 aliphatic rings. The van der Waals surface area contributed by atoms with Crippen molar-refractivity contribution in [2.75, 3.05) is 5.32 Å². The summed E-state index contributed by atoms with van der Waals surface area (Å²) in [5.74, 6) is -0.970. The van der Waals surface area contributed by atoms with Crippen LogP contribution in [-0.4, -0.2) is 11.6 Å². The summed E-state index contributed by atoms with van der Waals surface area (Å²) >= 11 is 9.82. The van der Waals surface area contributed by atoms with E-state index in [9.17, 15) is 13.2 Å². The van der Waals surface area contributed by atoms with Crippen LogP contribution in [0.4, 0.5) is 18.9 Å². The molecule has 9 heteroatoms. The average molecular weight is 388 g/mol. The first-order valence-electron chi connectivity index (χ1n) is 5.24. The smallest absolute Gasteiger partial charge is 0.387 e. The van der Waals surface area contributed by atoms with E-state index in [0.717, 1.165) is 10.9 Å². The SMILES string of the molecule is Fc1ccc(NCc2cnc(Cl)s2)c(OC(F)F)c1Br. The molecule has 0 radical (unpaired) electrons. The van der Waals surface area contributed by atoms with E-state index in [1.807, 2.05) is 0 Å². The van der Waals surface area contributed by atoms with Crippen molar-refractivity contribution < 1.29 is 17.9 Å². The molecule has 0 saturated heterocycles. The van der Waals surface area contributed by atoms with Crippen LogP contribution < -0.4 is 10.1 Å². The Labute approximate surface area is 129 Å². The van der Waals surface area contributed by atoms with Crippen LogP contribution >= 0.6 is 38.9 Å². The molecule has 0 aliphatic carbocycles. The van der Waals surface area contributed by atoms with Crippen LogP contribution in [0.1, 0.15) is 4.88 Å². The molecule has 1 N–H and O–H groups in total. The first-order valence-corrected chi connectivity index (χ1v) is 7.23. The Morgan fingerprint density at radius 3 is 2.80 bits per heavy atom. The summed E-state index contributed by atoms with van der Waals surface area (Å²) in [6, 6.07) is 2.46. The highest BCUT2D eigenvalue weighted by Gasteiger charge is 2.17. The number of nitrogens with one attached hydrogen (secondary N) is 1. The second kappa shape index (κ2) is 6.64. The third-order valence-electron chi connectivity index (χ3n) is 2.24. The molecule has 1 aromatic heterocycles. The minimum absolute atomic E-state index is 0.162. The third kappa shape index (κ3) is 3.77. The summed E-state index contributed by atoms with van der Waals surface area (Å²) in [5, 5.41) is 2.87. The van der Waals surface area contributed by atoms with Gasteiger partial charge in [0.15, 0.2) is 10.2 Å². The number of nitrogens with zero attached hydrogens (tertiary/aromatic N) is 1. The van der Waals surface area contributed by atoms with E-state index in [1.165, 1.54) is 17.4 Å². The van der Waals surface area contributed by atoms with Gasteiger partial charge in [-0.15, -0.1) is 11.3 Å². The van der Waals surface area contributed by atoms with Crippen LogP contribution in [0.3, 0.4) is 0 Å². The van der Waals surface area contributed by atoms with Crippen LogP contribution in [0.5, 0.6) is 5.75 Å². The summed E-state index contributed by atoms with van der Waals surface area (Å²) in [5.41, 5.74) is 0.239. The lowest BCUT2D eigenvalue weighted by Crippen LogP contribution is -2.07. The van der Waals surface area contributed by atoms with Crippen molar-refractivity contribution in [2.24, 2.45) is 0 Å². The molecule has 1 heterocycles. The van der Waals surface area contributed by atoms with Crippen LogP contribution in [0.25, 0.3) is 0 Å². The van der Waals surface area contributed by atoms with E-state index in [0.29, 0.717) is 11.0 Å². The Kier molecular flexibility index (Phi) is 5.11. The molecule has 1 aromatic carbocycles. The van der Waals surface area contributed by atoms with Gasteiger partial charge in [-0.1, -0.05) is 11.6 Å². The molecule has 0 atom stereocenters. The Morgan fingerprint density at radius 1 is 1.45 bits per heavy atom. The van der Waals surface area contributed by atoms with Gasteiger partial charge in [0.1, 0.15) is 5.82 Å². The fourth-order valence-corrected chi connectivity index (χ4v) is 2.78. The molecule has 20 heavy (non-hydrogen) atoms. The average Bonchev–Trinajstić information content (AvgIpc) is 2.79. The highest BCUT2D eigenvalue weighted by atomic mass is 79.9. The van der Waals surface area contributed by atoms with Crippen LogP contribution in [-0.2, 0) is 6.54 Å². The van der Waals surface area contributed by atoms with Crippen LogP contribution in [0.2, 0.25) is 4.47 Å². The molecule has 0 unspecified atom stereocenters. The van der Waals surface area contributed by atoms with Gasteiger partial charge < -0.3 is 10.1 Å². The van der Waals surface area contributed by atoms with Gasteiger partial charge in [-0.05, 0) is 28.1 Å². The molecule has 3 nitrogen and oxygen atoms in total. The molecule has 0 saturated carbocycles. The highest BCUT2D eigenvalue weighted by molar-refractivity contribution is 9.10. The molecule has 2 rings (SSSR count). The molecule has 0 bridgehead atoms. The maximum atomic E-state index is 13.4. The molecule has 0 aliphatic heterocycles. The molecular weight excluding hydrogens is 381 g/mol. The van der Waals surface area contributed by atoms with Crippen molar-refractivity contribution in [1.82, 2.24) is 4.98 Å². The van der Waals surface area contributed by atoms with E-state index in [1.54, 1.807) is 6.20 Å². The highest BCUT2D eigenvalue weighted by Crippen LogP contribution is 2.37. The minimum atomic E-state index is -3.05. The number of rotatable bonds is 5. The van der Waals surface area contributed by atoms with Crippen molar-refractivity contribution in [3.05, 3.63) is 38.0 Å². The molecule has 0 spiro atoms.